The van der Waals surface area contributed by atoms with Crippen LogP contribution < -0.4 is 0 Å². The van der Waals surface area contributed by atoms with Crippen molar-refractivity contribution < 1.29 is 58.3 Å². The highest BCUT2D eigenvalue weighted by molar-refractivity contribution is 7.47. The van der Waals surface area contributed by atoms with Crippen molar-refractivity contribution in [2.75, 3.05) is 19.8 Å². The lowest BCUT2D eigenvalue weighted by atomic mass is 9.85. The van der Waals surface area contributed by atoms with E-state index in [1.165, 1.54) is 122 Å². The van der Waals surface area contributed by atoms with Gasteiger partial charge in [-0.2, -0.15) is 0 Å². The van der Waals surface area contributed by atoms with Crippen LogP contribution in [0.1, 0.15) is 206 Å². The predicted molar refractivity (Wildman–Crippen MR) is 240 cm³/mol. The van der Waals surface area contributed by atoms with Gasteiger partial charge in [0.2, 0.25) is 0 Å². The van der Waals surface area contributed by atoms with Gasteiger partial charge in [-0.1, -0.05) is 160 Å². The van der Waals surface area contributed by atoms with Crippen LogP contribution in [0.2, 0.25) is 0 Å². The van der Waals surface area contributed by atoms with Gasteiger partial charge in [-0.15, -0.1) is 0 Å². The van der Waals surface area contributed by atoms with Gasteiger partial charge in [0.25, 0.3) is 0 Å². The summed E-state index contributed by atoms with van der Waals surface area (Å²) in [7, 11) is -5.02. The summed E-state index contributed by atoms with van der Waals surface area (Å²) >= 11 is 0. The highest BCUT2D eigenvalue weighted by atomic mass is 31.2. The van der Waals surface area contributed by atoms with Crippen LogP contribution in [-0.4, -0.2) is 98.9 Å². The summed E-state index contributed by atoms with van der Waals surface area (Å²) < 4.78 is 34.2. The van der Waals surface area contributed by atoms with E-state index in [9.17, 15) is 39.8 Å². The van der Waals surface area contributed by atoms with Crippen LogP contribution in [0.3, 0.4) is 0 Å². The van der Waals surface area contributed by atoms with Crippen molar-refractivity contribution in [3.63, 3.8) is 0 Å². The summed E-state index contributed by atoms with van der Waals surface area (Å²) in [5.41, 5.74) is 0. The first kappa shape index (κ1) is 56.8. The van der Waals surface area contributed by atoms with Gasteiger partial charge < -0.3 is 39.9 Å². The first-order valence-electron chi connectivity index (χ1n) is 24.2. The van der Waals surface area contributed by atoms with E-state index < -0.39 is 63.1 Å². The maximum atomic E-state index is 12.8. The Morgan fingerprint density at radius 2 is 0.883 bits per heavy atom. The van der Waals surface area contributed by atoms with E-state index in [0.717, 1.165) is 57.8 Å². The fourth-order valence-electron chi connectivity index (χ4n) is 7.40. The second-order valence-electron chi connectivity index (χ2n) is 17.0. The third kappa shape index (κ3) is 30.0. The fraction of sp³-hybridized carbons (Fsp3) is 0.894. The third-order valence-electron chi connectivity index (χ3n) is 11.3. The smallest absolute Gasteiger partial charge is 0.457 e. The summed E-state index contributed by atoms with van der Waals surface area (Å²) in [6.45, 7) is 4.25. The third-order valence-corrected chi connectivity index (χ3v) is 12.3. The number of rotatable bonds is 41. The van der Waals surface area contributed by atoms with Crippen molar-refractivity contribution in [3.8, 4) is 0 Å². The molecule has 12 nitrogen and oxygen atoms in total. The molecule has 1 rings (SSSR count). The molecule has 0 aromatic rings. The summed E-state index contributed by atoms with van der Waals surface area (Å²) in [6, 6.07) is 0. The van der Waals surface area contributed by atoms with Crippen LogP contribution >= 0.6 is 7.82 Å². The van der Waals surface area contributed by atoms with Gasteiger partial charge in [-0.25, -0.2) is 4.57 Å². The Labute approximate surface area is 364 Å². The van der Waals surface area contributed by atoms with Gasteiger partial charge in [-0.3, -0.25) is 13.8 Å². The molecular weight excluding hydrogens is 787 g/mol. The van der Waals surface area contributed by atoms with Crippen LogP contribution in [0.5, 0.6) is 0 Å². The minimum absolute atomic E-state index is 0.0800. The number of aliphatic hydroxyl groups excluding tert-OH is 5. The average Bonchev–Trinajstić information content (AvgIpc) is 3.23. The van der Waals surface area contributed by atoms with Crippen molar-refractivity contribution >= 4 is 13.8 Å². The maximum absolute atomic E-state index is 12.8. The number of hydrogen-bond donors (Lipinski definition) is 6. The van der Waals surface area contributed by atoms with Crippen molar-refractivity contribution in [2.45, 2.75) is 249 Å². The standard InChI is InChI=1S/C47H89O12P/c1-3-5-7-9-11-13-15-17-19-21-22-24-26-28-30-32-34-36-41(48)58-40(39-57-60(54,55)59-47-45(52)43(50)42(49)44(51)46(47)53)38-56-37-35-33-31-29-27-25-23-20-18-16-14-12-10-8-6-4-2/h17-20,40,42-47,49-53H,3-16,21-39H2,1-2H3,(H,54,55)/b19-17-,20-18-. The maximum Gasteiger partial charge on any atom is 0.472 e. The Hall–Kier alpha value is -1.18. The zero-order valence-corrected chi connectivity index (χ0v) is 38.7. The minimum atomic E-state index is -5.02. The molecule has 6 unspecified atom stereocenters. The molecule has 0 aliphatic heterocycles. The second-order valence-corrected chi connectivity index (χ2v) is 18.4. The van der Waals surface area contributed by atoms with Crippen molar-refractivity contribution in [2.24, 2.45) is 0 Å². The number of carbonyl (C=O) groups is 1. The molecule has 0 amide bonds. The topological polar surface area (TPSA) is 192 Å². The lowest BCUT2D eigenvalue weighted by Gasteiger charge is -2.41. The molecule has 1 fully saturated rings. The van der Waals surface area contributed by atoms with Crippen molar-refractivity contribution in [1.29, 1.82) is 0 Å². The molecule has 1 saturated carbocycles. The predicted octanol–water partition coefficient (Wildman–Crippen LogP) is 10.1. The molecule has 6 N–H and O–H groups in total. The quantitative estimate of drug-likeness (QED) is 0.0148. The monoisotopic (exact) mass is 877 g/mol. The molecular formula is C47H89O12P. The van der Waals surface area contributed by atoms with Crippen LogP contribution in [0.4, 0.5) is 0 Å². The summed E-state index contributed by atoms with van der Waals surface area (Å²) in [5.74, 6) is -0.482. The number of carbonyl (C=O) groups excluding carboxylic acids is 1. The molecule has 354 valence electrons. The van der Waals surface area contributed by atoms with Gasteiger partial charge in [0.1, 0.15) is 42.7 Å². The van der Waals surface area contributed by atoms with Crippen molar-refractivity contribution in [3.05, 3.63) is 24.3 Å². The molecule has 1 aliphatic rings. The number of allylic oxidation sites excluding steroid dienone is 4. The molecule has 13 heteroatoms. The molecule has 0 heterocycles. The summed E-state index contributed by atoms with van der Waals surface area (Å²) in [6.07, 6.45) is 31.0. The highest BCUT2D eigenvalue weighted by Gasteiger charge is 2.51. The number of aliphatic hydroxyl groups is 5. The normalized spacial score (nSPS) is 22.5. The Morgan fingerprint density at radius 1 is 0.517 bits per heavy atom. The van der Waals surface area contributed by atoms with Crippen molar-refractivity contribution in [1.82, 2.24) is 0 Å². The average molecular weight is 877 g/mol. The number of hydrogen-bond acceptors (Lipinski definition) is 11. The van der Waals surface area contributed by atoms with E-state index in [2.05, 4.69) is 38.2 Å². The molecule has 6 atom stereocenters. The molecule has 1 aliphatic carbocycles. The fourth-order valence-corrected chi connectivity index (χ4v) is 8.38. The van der Waals surface area contributed by atoms with Crippen LogP contribution in [0.15, 0.2) is 24.3 Å². The van der Waals surface area contributed by atoms with Gasteiger partial charge >= 0.3 is 13.8 Å². The van der Waals surface area contributed by atoms with E-state index in [4.69, 9.17) is 18.5 Å². The lowest BCUT2D eigenvalue weighted by molar-refractivity contribution is -0.220. The van der Waals surface area contributed by atoms with Gasteiger partial charge in [0.05, 0.1) is 13.2 Å². The van der Waals surface area contributed by atoms with Crippen LogP contribution in [0, 0.1) is 0 Å². The first-order valence-corrected chi connectivity index (χ1v) is 25.7. The number of unbranched alkanes of at least 4 members (excludes halogenated alkanes) is 25. The number of esters is 1. The van der Waals surface area contributed by atoms with Gasteiger partial charge in [-0.05, 0) is 64.2 Å². The Kier molecular flexibility index (Phi) is 36.3. The molecule has 0 radical (unpaired) electrons. The van der Waals surface area contributed by atoms with E-state index in [0.29, 0.717) is 13.0 Å². The van der Waals surface area contributed by atoms with Crippen LogP contribution in [0.25, 0.3) is 0 Å². The Balaban J connectivity index is 2.38. The molecule has 0 bridgehead atoms. The van der Waals surface area contributed by atoms with E-state index in [-0.39, 0.29) is 13.0 Å². The SMILES string of the molecule is CCCCCCCC/C=C\CCCCCCCCCC(=O)OC(COCCCCCCCC/C=C\CCCCCCCC)COP(=O)(O)OC1C(O)C(O)C(O)C(O)C1O. The molecule has 60 heavy (non-hydrogen) atoms. The second kappa shape index (κ2) is 38.3. The van der Waals surface area contributed by atoms with E-state index in [1.54, 1.807) is 0 Å². The summed E-state index contributed by atoms with van der Waals surface area (Å²) in [5, 5.41) is 50.2. The number of phosphoric ester groups is 1. The van der Waals surface area contributed by atoms with E-state index >= 15 is 0 Å². The van der Waals surface area contributed by atoms with Crippen LogP contribution in [-0.2, 0) is 27.9 Å². The largest absolute Gasteiger partial charge is 0.472 e. The number of phosphoric acid groups is 1. The summed E-state index contributed by atoms with van der Waals surface area (Å²) in [4.78, 5) is 23.2. The molecule has 0 aromatic carbocycles. The van der Waals surface area contributed by atoms with Gasteiger partial charge in [0.15, 0.2) is 0 Å². The zero-order chi connectivity index (χ0) is 44.1. The Bertz CT molecular complexity index is 1090. The first-order chi connectivity index (χ1) is 29.0. The molecule has 0 saturated heterocycles. The molecule has 0 aromatic heterocycles. The minimum Gasteiger partial charge on any atom is -0.457 e. The van der Waals surface area contributed by atoms with Gasteiger partial charge in [0, 0.05) is 13.0 Å². The lowest BCUT2D eigenvalue weighted by Crippen LogP contribution is -2.64. The zero-order valence-electron chi connectivity index (χ0n) is 37.8. The highest BCUT2D eigenvalue weighted by Crippen LogP contribution is 2.47. The molecule has 0 spiro atoms. The Morgan fingerprint density at radius 3 is 1.32 bits per heavy atom. The van der Waals surface area contributed by atoms with E-state index in [1.807, 2.05) is 0 Å². The number of ether oxygens (including phenoxy) is 2.